The lowest BCUT2D eigenvalue weighted by Gasteiger charge is -2.23. The van der Waals surface area contributed by atoms with Crippen LogP contribution in [0, 0.1) is 0 Å². The molecule has 0 bridgehead atoms. The van der Waals surface area contributed by atoms with E-state index in [0.717, 1.165) is 25.1 Å². The van der Waals surface area contributed by atoms with E-state index in [9.17, 15) is 0 Å². The van der Waals surface area contributed by atoms with Crippen LogP contribution in [0.1, 0.15) is 36.8 Å². The van der Waals surface area contributed by atoms with Crippen LogP contribution < -0.4 is 11.1 Å². The molecule has 4 N–H and O–H groups in total. The van der Waals surface area contributed by atoms with Gasteiger partial charge in [0, 0.05) is 28.4 Å². The van der Waals surface area contributed by atoms with E-state index >= 15 is 0 Å². The summed E-state index contributed by atoms with van der Waals surface area (Å²) in [6.07, 6.45) is 5.22. The maximum absolute atomic E-state index is 5.87. The normalized spacial score (nSPS) is 15.9. The molecule has 4 rings (SSSR count). The molecule has 3 heterocycles. The molecule has 1 aromatic carbocycles. The van der Waals surface area contributed by atoms with Gasteiger partial charge in [0.2, 0.25) is 0 Å². The lowest BCUT2D eigenvalue weighted by Crippen LogP contribution is -2.26. The van der Waals surface area contributed by atoms with Crippen molar-refractivity contribution in [3.63, 3.8) is 0 Å². The van der Waals surface area contributed by atoms with Crippen molar-refractivity contribution in [3.05, 3.63) is 47.7 Å². The Bertz CT molecular complexity index is 859. The van der Waals surface area contributed by atoms with Gasteiger partial charge in [-0.3, -0.25) is 0 Å². The topological polar surface area (TPSA) is 66.7 Å². The molecule has 0 atom stereocenters. The minimum Gasteiger partial charge on any atom is -0.384 e. The summed E-state index contributed by atoms with van der Waals surface area (Å²) in [6, 6.07) is 10.9. The second-order valence-corrected chi connectivity index (χ2v) is 6.63. The minimum absolute atomic E-state index is 0.559. The summed E-state index contributed by atoms with van der Waals surface area (Å²) >= 11 is 0. The van der Waals surface area contributed by atoms with Gasteiger partial charge in [-0.2, -0.15) is 0 Å². The SMILES string of the molecule is CCc1c(-c2ccnc(N)c2)[nH]c2ccc(C3CCNCC3)cc12. The first-order chi connectivity index (χ1) is 11.8. The summed E-state index contributed by atoms with van der Waals surface area (Å²) in [6.45, 7) is 4.46. The molecule has 1 aliphatic rings. The van der Waals surface area contributed by atoms with Crippen LogP contribution in [0.5, 0.6) is 0 Å². The number of benzene rings is 1. The fraction of sp³-hybridized carbons (Fsp3) is 0.350. The number of piperidine rings is 1. The van der Waals surface area contributed by atoms with Crippen LogP contribution >= 0.6 is 0 Å². The highest BCUT2D eigenvalue weighted by Gasteiger charge is 2.18. The third-order valence-electron chi connectivity index (χ3n) is 5.16. The molecular formula is C20H24N4. The van der Waals surface area contributed by atoms with Gasteiger partial charge in [-0.15, -0.1) is 0 Å². The van der Waals surface area contributed by atoms with Crippen molar-refractivity contribution < 1.29 is 0 Å². The highest BCUT2D eigenvalue weighted by molar-refractivity contribution is 5.91. The first-order valence-electron chi connectivity index (χ1n) is 8.83. The van der Waals surface area contributed by atoms with Crippen molar-refractivity contribution >= 4 is 16.7 Å². The number of rotatable bonds is 3. The summed E-state index contributed by atoms with van der Waals surface area (Å²) in [7, 11) is 0. The third-order valence-corrected chi connectivity index (χ3v) is 5.16. The molecule has 4 heteroatoms. The number of nitrogens with two attached hydrogens (primary N) is 1. The maximum atomic E-state index is 5.87. The lowest BCUT2D eigenvalue weighted by atomic mass is 9.89. The lowest BCUT2D eigenvalue weighted by molar-refractivity contribution is 0.460. The van der Waals surface area contributed by atoms with Crippen LogP contribution in [0.2, 0.25) is 0 Å². The summed E-state index contributed by atoms with van der Waals surface area (Å²) in [5.41, 5.74) is 12.2. The van der Waals surface area contributed by atoms with Crippen molar-refractivity contribution in [3.8, 4) is 11.3 Å². The quantitative estimate of drug-likeness (QED) is 0.687. The number of H-pyrrole nitrogens is 1. The Labute approximate surface area is 142 Å². The van der Waals surface area contributed by atoms with Gasteiger partial charge >= 0.3 is 0 Å². The smallest absolute Gasteiger partial charge is 0.123 e. The van der Waals surface area contributed by atoms with E-state index in [-0.39, 0.29) is 0 Å². The zero-order chi connectivity index (χ0) is 16.5. The molecule has 24 heavy (non-hydrogen) atoms. The molecule has 3 aromatic rings. The molecular weight excluding hydrogens is 296 g/mol. The van der Waals surface area contributed by atoms with Gasteiger partial charge < -0.3 is 16.0 Å². The molecule has 4 nitrogen and oxygen atoms in total. The van der Waals surface area contributed by atoms with E-state index in [0.29, 0.717) is 11.7 Å². The van der Waals surface area contributed by atoms with Gasteiger partial charge in [-0.1, -0.05) is 13.0 Å². The van der Waals surface area contributed by atoms with Crippen LogP contribution in [0.4, 0.5) is 5.82 Å². The van der Waals surface area contributed by atoms with E-state index in [1.165, 1.54) is 40.6 Å². The van der Waals surface area contributed by atoms with E-state index in [1.807, 2.05) is 12.1 Å². The predicted octanol–water partition coefficient (Wildman–Crippen LogP) is 3.84. The molecule has 1 aliphatic heterocycles. The summed E-state index contributed by atoms with van der Waals surface area (Å²) in [5.74, 6) is 1.24. The molecule has 0 unspecified atom stereocenters. The standard InChI is InChI=1S/C20H24N4/c1-2-16-17-11-14(13-5-8-22-9-6-13)3-4-18(17)24-20(16)15-7-10-23-19(21)12-15/h3-4,7,10-13,22,24H,2,5-6,8-9H2,1H3,(H2,21,23). The van der Waals surface area contributed by atoms with Crippen LogP contribution in [-0.2, 0) is 6.42 Å². The minimum atomic E-state index is 0.559. The summed E-state index contributed by atoms with van der Waals surface area (Å²) in [5, 5.41) is 4.80. The maximum Gasteiger partial charge on any atom is 0.123 e. The number of aromatic amines is 1. The number of aromatic nitrogens is 2. The number of fused-ring (bicyclic) bond motifs is 1. The van der Waals surface area contributed by atoms with E-state index in [1.54, 1.807) is 6.20 Å². The number of hydrogen-bond acceptors (Lipinski definition) is 3. The molecule has 124 valence electrons. The zero-order valence-corrected chi connectivity index (χ0v) is 14.1. The molecule has 0 radical (unpaired) electrons. The Morgan fingerprint density at radius 3 is 2.75 bits per heavy atom. The fourth-order valence-corrected chi connectivity index (χ4v) is 3.89. The Morgan fingerprint density at radius 1 is 1.17 bits per heavy atom. The van der Waals surface area contributed by atoms with Crippen molar-refractivity contribution in [2.45, 2.75) is 32.1 Å². The highest BCUT2D eigenvalue weighted by atomic mass is 14.9. The number of pyridine rings is 1. The van der Waals surface area contributed by atoms with Gasteiger partial charge in [0.15, 0.2) is 0 Å². The first-order valence-corrected chi connectivity index (χ1v) is 8.83. The number of nitrogens with zero attached hydrogens (tertiary/aromatic N) is 1. The summed E-state index contributed by atoms with van der Waals surface area (Å²) < 4.78 is 0. The molecule has 1 fully saturated rings. The molecule has 0 aliphatic carbocycles. The van der Waals surface area contributed by atoms with Crippen LogP contribution in [0.3, 0.4) is 0 Å². The second-order valence-electron chi connectivity index (χ2n) is 6.63. The molecule has 1 saturated heterocycles. The summed E-state index contributed by atoms with van der Waals surface area (Å²) in [4.78, 5) is 7.70. The number of hydrogen-bond donors (Lipinski definition) is 3. The first kappa shape index (κ1) is 15.2. The Hall–Kier alpha value is -2.33. The van der Waals surface area contributed by atoms with Crippen molar-refractivity contribution in [1.29, 1.82) is 0 Å². The fourth-order valence-electron chi connectivity index (χ4n) is 3.89. The number of nitrogens with one attached hydrogen (secondary N) is 2. The van der Waals surface area contributed by atoms with Gasteiger partial charge in [0.25, 0.3) is 0 Å². The highest BCUT2D eigenvalue weighted by Crippen LogP contribution is 2.34. The monoisotopic (exact) mass is 320 g/mol. The van der Waals surface area contributed by atoms with Gasteiger partial charge in [-0.25, -0.2) is 4.98 Å². The van der Waals surface area contributed by atoms with E-state index in [4.69, 9.17) is 5.73 Å². The van der Waals surface area contributed by atoms with Crippen molar-refractivity contribution in [2.75, 3.05) is 18.8 Å². The molecule has 2 aromatic heterocycles. The van der Waals surface area contributed by atoms with Gasteiger partial charge in [0.05, 0.1) is 0 Å². The Kier molecular flexibility index (Phi) is 3.98. The Morgan fingerprint density at radius 2 is 2.00 bits per heavy atom. The molecule has 0 saturated carbocycles. The van der Waals surface area contributed by atoms with Crippen LogP contribution in [0.15, 0.2) is 36.5 Å². The van der Waals surface area contributed by atoms with E-state index < -0.39 is 0 Å². The largest absolute Gasteiger partial charge is 0.384 e. The van der Waals surface area contributed by atoms with Crippen molar-refractivity contribution in [2.24, 2.45) is 0 Å². The van der Waals surface area contributed by atoms with Gasteiger partial charge in [-0.05, 0) is 73.7 Å². The molecule has 0 amide bonds. The Balaban J connectivity index is 1.82. The van der Waals surface area contributed by atoms with Gasteiger partial charge in [0.1, 0.15) is 5.82 Å². The van der Waals surface area contributed by atoms with Crippen LogP contribution in [0.25, 0.3) is 22.2 Å². The average Bonchev–Trinajstić information content (AvgIpc) is 3.00. The van der Waals surface area contributed by atoms with Crippen LogP contribution in [-0.4, -0.2) is 23.1 Å². The number of nitrogen functional groups attached to an aromatic ring is 1. The number of aryl methyl sites for hydroxylation is 1. The van der Waals surface area contributed by atoms with E-state index in [2.05, 4.69) is 40.4 Å². The molecule has 0 spiro atoms. The average molecular weight is 320 g/mol. The second kappa shape index (κ2) is 6.29. The number of anilines is 1. The van der Waals surface area contributed by atoms with Crippen molar-refractivity contribution in [1.82, 2.24) is 15.3 Å². The third kappa shape index (κ3) is 2.67. The zero-order valence-electron chi connectivity index (χ0n) is 14.1. The predicted molar refractivity (Wildman–Crippen MR) is 100 cm³/mol.